The van der Waals surface area contributed by atoms with Gasteiger partial charge >= 0.3 is 0 Å². The van der Waals surface area contributed by atoms with Gasteiger partial charge in [0.1, 0.15) is 5.82 Å². The van der Waals surface area contributed by atoms with Crippen LogP contribution in [0.3, 0.4) is 0 Å². The highest BCUT2D eigenvalue weighted by molar-refractivity contribution is 5.04. The third-order valence-corrected chi connectivity index (χ3v) is 2.13. The summed E-state index contributed by atoms with van der Waals surface area (Å²) in [4.78, 5) is 8.45. The van der Waals surface area contributed by atoms with Crippen molar-refractivity contribution in [2.45, 2.75) is 32.2 Å². The molecule has 15 heavy (non-hydrogen) atoms. The number of terminal acetylenes is 1. The summed E-state index contributed by atoms with van der Waals surface area (Å²) in [7, 11) is 0. The standard InChI is InChI=1S/C11H16N4/c1-3-4-5-6-10(15-12)11-13-7-9(2)8-14-11/h1,7-8,10,15H,4-6,12H2,2H3. The van der Waals surface area contributed by atoms with E-state index in [1.165, 1.54) is 0 Å². The molecular formula is C11H16N4. The Morgan fingerprint density at radius 3 is 2.73 bits per heavy atom. The average Bonchev–Trinajstić information content (AvgIpc) is 2.26. The van der Waals surface area contributed by atoms with Gasteiger partial charge in [0.15, 0.2) is 0 Å². The fourth-order valence-electron chi connectivity index (χ4n) is 1.28. The molecule has 0 radical (unpaired) electrons. The van der Waals surface area contributed by atoms with Crippen LogP contribution >= 0.6 is 0 Å². The van der Waals surface area contributed by atoms with Crippen molar-refractivity contribution in [2.75, 3.05) is 0 Å². The number of hydrogen-bond acceptors (Lipinski definition) is 4. The van der Waals surface area contributed by atoms with E-state index in [0.29, 0.717) is 0 Å². The predicted octanol–water partition coefficient (Wildman–Crippen LogP) is 1.09. The van der Waals surface area contributed by atoms with E-state index in [1.807, 2.05) is 6.92 Å². The molecule has 80 valence electrons. The van der Waals surface area contributed by atoms with Gasteiger partial charge in [0.25, 0.3) is 0 Å². The van der Waals surface area contributed by atoms with Crippen molar-refractivity contribution in [3.63, 3.8) is 0 Å². The van der Waals surface area contributed by atoms with Gasteiger partial charge in [-0.15, -0.1) is 12.3 Å². The minimum atomic E-state index is -0.0149. The van der Waals surface area contributed by atoms with Gasteiger partial charge in [-0.2, -0.15) is 0 Å². The number of nitrogens with zero attached hydrogens (tertiary/aromatic N) is 2. The minimum absolute atomic E-state index is 0.0149. The summed E-state index contributed by atoms with van der Waals surface area (Å²) in [6.07, 6.45) is 11.3. The van der Waals surface area contributed by atoms with Gasteiger partial charge in [-0.3, -0.25) is 5.84 Å². The maximum absolute atomic E-state index is 5.44. The van der Waals surface area contributed by atoms with Gasteiger partial charge in [0.05, 0.1) is 6.04 Å². The molecule has 0 saturated carbocycles. The Morgan fingerprint density at radius 2 is 2.20 bits per heavy atom. The van der Waals surface area contributed by atoms with Crippen molar-refractivity contribution in [2.24, 2.45) is 5.84 Å². The van der Waals surface area contributed by atoms with E-state index in [4.69, 9.17) is 12.3 Å². The Kier molecular flexibility index (Phi) is 4.75. The lowest BCUT2D eigenvalue weighted by atomic mass is 10.1. The van der Waals surface area contributed by atoms with E-state index in [2.05, 4.69) is 21.3 Å². The second-order valence-corrected chi connectivity index (χ2v) is 3.43. The molecule has 4 nitrogen and oxygen atoms in total. The fraction of sp³-hybridized carbons (Fsp3) is 0.455. The number of unbranched alkanes of at least 4 members (excludes halogenated alkanes) is 1. The van der Waals surface area contributed by atoms with Crippen LogP contribution in [0.2, 0.25) is 0 Å². The Labute approximate surface area is 90.3 Å². The second kappa shape index (κ2) is 6.12. The van der Waals surface area contributed by atoms with E-state index in [0.717, 1.165) is 30.7 Å². The van der Waals surface area contributed by atoms with Crippen molar-refractivity contribution in [1.82, 2.24) is 15.4 Å². The maximum atomic E-state index is 5.44. The van der Waals surface area contributed by atoms with Crippen LogP contribution in [-0.4, -0.2) is 9.97 Å². The lowest BCUT2D eigenvalue weighted by molar-refractivity contribution is 0.478. The molecule has 0 fully saturated rings. The summed E-state index contributed by atoms with van der Waals surface area (Å²) in [5, 5.41) is 0. The lowest BCUT2D eigenvalue weighted by Gasteiger charge is -2.13. The zero-order chi connectivity index (χ0) is 11.1. The molecule has 0 aliphatic carbocycles. The first kappa shape index (κ1) is 11.6. The molecule has 0 spiro atoms. The molecule has 1 heterocycles. The lowest BCUT2D eigenvalue weighted by Crippen LogP contribution is -2.29. The van der Waals surface area contributed by atoms with Crippen molar-refractivity contribution in [3.8, 4) is 12.3 Å². The summed E-state index contributed by atoms with van der Waals surface area (Å²) in [6, 6.07) is -0.0149. The average molecular weight is 204 g/mol. The van der Waals surface area contributed by atoms with E-state index in [-0.39, 0.29) is 6.04 Å². The highest BCUT2D eigenvalue weighted by atomic mass is 15.2. The van der Waals surface area contributed by atoms with Crippen LogP contribution in [0.5, 0.6) is 0 Å². The number of aryl methyl sites for hydroxylation is 1. The molecule has 1 aromatic heterocycles. The SMILES string of the molecule is C#CCCCC(NN)c1ncc(C)cn1. The molecule has 0 bridgehead atoms. The largest absolute Gasteiger partial charge is 0.271 e. The summed E-state index contributed by atoms with van der Waals surface area (Å²) >= 11 is 0. The normalized spacial score (nSPS) is 12.1. The van der Waals surface area contributed by atoms with E-state index in [9.17, 15) is 0 Å². The monoisotopic (exact) mass is 204 g/mol. The Bertz CT molecular complexity index is 325. The number of hydrazine groups is 1. The van der Waals surface area contributed by atoms with Crippen molar-refractivity contribution >= 4 is 0 Å². The van der Waals surface area contributed by atoms with Gasteiger partial charge in [-0.05, 0) is 25.3 Å². The molecule has 1 unspecified atom stereocenters. The number of rotatable bonds is 5. The van der Waals surface area contributed by atoms with Gasteiger partial charge in [-0.1, -0.05) is 0 Å². The molecule has 1 rings (SSSR count). The van der Waals surface area contributed by atoms with Crippen molar-refractivity contribution in [1.29, 1.82) is 0 Å². The maximum Gasteiger partial charge on any atom is 0.146 e. The first-order valence-electron chi connectivity index (χ1n) is 4.96. The first-order valence-corrected chi connectivity index (χ1v) is 4.96. The van der Waals surface area contributed by atoms with Crippen LogP contribution in [0.1, 0.15) is 36.7 Å². The molecule has 0 aliphatic heterocycles. The Balaban J connectivity index is 2.58. The van der Waals surface area contributed by atoms with Gasteiger partial charge in [0, 0.05) is 18.8 Å². The fourth-order valence-corrected chi connectivity index (χ4v) is 1.28. The number of aromatic nitrogens is 2. The van der Waals surface area contributed by atoms with E-state index in [1.54, 1.807) is 12.4 Å². The third kappa shape index (κ3) is 3.66. The highest BCUT2D eigenvalue weighted by Crippen LogP contribution is 2.14. The van der Waals surface area contributed by atoms with Crippen LogP contribution in [0, 0.1) is 19.3 Å². The van der Waals surface area contributed by atoms with Crippen LogP contribution < -0.4 is 11.3 Å². The van der Waals surface area contributed by atoms with Crippen LogP contribution in [0.4, 0.5) is 0 Å². The third-order valence-electron chi connectivity index (χ3n) is 2.13. The number of hydrogen-bond donors (Lipinski definition) is 2. The molecule has 1 atom stereocenters. The highest BCUT2D eigenvalue weighted by Gasteiger charge is 2.11. The summed E-state index contributed by atoms with van der Waals surface area (Å²) in [6.45, 7) is 1.95. The van der Waals surface area contributed by atoms with Crippen LogP contribution in [0.25, 0.3) is 0 Å². The van der Waals surface area contributed by atoms with Crippen molar-refractivity contribution < 1.29 is 0 Å². The van der Waals surface area contributed by atoms with Crippen molar-refractivity contribution in [3.05, 3.63) is 23.8 Å². The number of nitrogens with two attached hydrogens (primary N) is 1. The van der Waals surface area contributed by atoms with Crippen LogP contribution in [0.15, 0.2) is 12.4 Å². The molecule has 0 aliphatic rings. The molecular weight excluding hydrogens is 188 g/mol. The van der Waals surface area contributed by atoms with E-state index < -0.39 is 0 Å². The van der Waals surface area contributed by atoms with Gasteiger partial charge in [0.2, 0.25) is 0 Å². The zero-order valence-electron chi connectivity index (χ0n) is 8.90. The first-order chi connectivity index (χ1) is 7.27. The Morgan fingerprint density at radius 1 is 1.53 bits per heavy atom. The summed E-state index contributed by atoms with van der Waals surface area (Å²) < 4.78 is 0. The summed E-state index contributed by atoms with van der Waals surface area (Å²) in [5.41, 5.74) is 3.74. The second-order valence-electron chi connectivity index (χ2n) is 3.43. The van der Waals surface area contributed by atoms with E-state index >= 15 is 0 Å². The topological polar surface area (TPSA) is 63.8 Å². The molecule has 3 N–H and O–H groups in total. The molecule has 1 aromatic rings. The Hall–Kier alpha value is -1.44. The predicted molar refractivity (Wildman–Crippen MR) is 59.5 cm³/mol. The quantitative estimate of drug-likeness (QED) is 0.326. The van der Waals surface area contributed by atoms with Gasteiger partial charge in [-0.25, -0.2) is 15.4 Å². The molecule has 4 heteroatoms. The van der Waals surface area contributed by atoms with Crippen LogP contribution in [-0.2, 0) is 0 Å². The minimum Gasteiger partial charge on any atom is -0.271 e. The summed E-state index contributed by atoms with van der Waals surface area (Å²) in [5.74, 6) is 8.76. The molecule has 0 aromatic carbocycles. The van der Waals surface area contributed by atoms with Gasteiger partial charge < -0.3 is 0 Å². The zero-order valence-corrected chi connectivity index (χ0v) is 8.90. The number of nitrogens with one attached hydrogen (secondary N) is 1. The molecule has 0 amide bonds. The smallest absolute Gasteiger partial charge is 0.146 e. The molecule has 0 saturated heterocycles.